The van der Waals surface area contributed by atoms with E-state index in [1.165, 1.54) is 24.6 Å². The largest absolute Gasteiger partial charge is 0.469 e. The maximum atomic E-state index is 12.2. The molecule has 0 radical (unpaired) electrons. The van der Waals surface area contributed by atoms with Crippen molar-refractivity contribution >= 4 is 17.7 Å². The molecule has 1 fully saturated rings. The first-order valence-electron chi connectivity index (χ1n) is 8.34. The van der Waals surface area contributed by atoms with Crippen molar-refractivity contribution in [1.29, 1.82) is 0 Å². The topological polar surface area (TPSA) is 81.2 Å². The summed E-state index contributed by atoms with van der Waals surface area (Å²) in [7, 11) is 0. The van der Waals surface area contributed by atoms with Gasteiger partial charge in [0.2, 0.25) is 5.91 Å². The van der Waals surface area contributed by atoms with Gasteiger partial charge in [0.05, 0.1) is 17.6 Å². The third-order valence-electron chi connectivity index (χ3n) is 4.88. The number of hydrogen-bond acceptors (Lipinski definition) is 6. The lowest BCUT2D eigenvalue weighted by Gasteiger charge is -2.34. The number of rotatable bonds is 5. The Morgan fingerprint density at radius 3 is 2.96 bits per heavy atom. The van der Waals surface area contributed by atoms with Crippen LogP contribution < -0.4 is 5.32 Å². The summed E-state index contributed by atoms with van der Waals surface area (Å²) in [5, 5.41) is 11.5. The summed E-state index contributed by atoms with van der Waals surface area (Å²) in [5.41, 5.74) is 0.781. The molecule has 24 heavy (non-hydrogen) atoms. The maximum absolute atomic E-state index is 12.2. The van der Waals surface area contributed by atoms with Gasteiger partial charge in [-0.3, -0.25) is 4.79 Å². The molecule has 1 aliphatic rings. The normalized spacial score (nSPS) is 24.0. The molecule has 0 unspecified atom stereocenters. The fourth-order valence-corrected chi connectivity index (χ4v) is 3.72. The molecule has 0 aromatic carbocycles. The second-order valence-corrected chi connectivity index (χ2v) is 7.42. The van der Waals surface area contributed by atoms with E-state index in [4.69, 9.17) is 8.83 Å². The van der Waals surface area contributed by atoms with Crippen LogP contribution in [0.3, 0.4) is 0 Å². The Morgan fingerprint density at radius 2 is 2.21 bits per heavy atom. The van der Waals surface area contributed by atoms with Crippen molar-refractivity contribution in [2.75, 3.05) is 5.75 Å². The quantitative estimate of drug-likeness (QED) is 0.830. The molecule has 0 saturated heterocycles. The lowest BCUT2D eigenvalue weighted by atomic mass is 9.78. The SMILES string of the molecule is Cc1occc1-c1nnc(SCC(=O)N[C@H]2CCC[C@@H](C)[C@@H]2C)o1. The van der Waals surface area contributed by atoms with Crippen molar-refractivity contribution in [3.05, 3.63) is 18.1 Å². The Labute approximate surface area is 145 Å². The van der Waals surface area contributed by atoms with E-state index in [0.717, 1.165) is 17.7 Å². The van der Waals surface area contributed by atoms with Crippen molar-refractivity contribution < 1.29 is 13.6 Å². The van der Waals surface area contributed by atoms with Gasteiger partial charge in [-0.1, -0.05) is 38.5 Å². The molecule has 3 rings (SSSR count). The number of carbonyl (C=O) groups is 1. The minimum atomic E-state index is 0.0187. The Morgan fingerprint density at radius 1 is 1.38 bits per heavy atom. The van der Waals surface area contributed by atoms with Gasteiger partial charge in [-0.2, -0.15) is 0 Å². The van der Waals surface area contributed by atoms with Crippen LogP contribution in [0.2, 0.25) is 0 Å². The van der Waals surface area contributed by atoms with Gasteiger partial charge in [0.15, 0.2) is 0 Å². The van der Waals surface area contributed by atoms with E-state index >= 15 is 0 Å². The van der Waals surface area contributed by atoms with Crippen molar-refractivity contribution in [1.82, 2.24) is 15.5 Å². The highest BCUT2D eigenvalue weighted by molar-refractivity contribution is 7.99. The molecule has 130 valence electrons. The Hall–Kier alpha value is -1.76. The van der Waals surface area contributed by atoms with Gasteiger partial charge in [0, 0.05) is 6.04 Å². The lowest BCUT2D eigenvalue weighted by molar-refractivity contribution is -0.120. The van der Waals surface area contributed by atoms with Crippen molar-refractivity contribution in [3.8, 4) is 11.5 Å². The highest BCUT2D eigenvalue weighted by Gasteiger charge is 2.28. The highest BCUT2D eigenvalue weighted by atomic mass is 32.2. The van der Waals surface area contributed by atoms with E-state index in [2.05, 4.69) is 29.4 Å². The third kappa shape index (κ3) is 3.83. The van der Waals surface area contributed by atoms with Crippen LogP contribution in [0.25, 0.3) is 11.5 Å². The maximum Gasteiger partial charge on any atom is 0.277 e. The standard InChI is InChI=1S/C17H23N3O3S/c1-10-5-4-6-14(11(10)2)18-15(21)9-24-17-20-19-16(23-17)13-7-8-22-12(13)3/h7-8,10-11,14H,4-6,9H2,1-3H3,(H,18,21)/t10-,11+,14+/m1/s1. The van der Waals surface area contributed by atoms with E-state index < -0.39 is 0 Å². The third-order valence-corrected chi connectivity index (χ3v) is 5.69. The van der Waals surface area contributed by atoms with Crippen LogP contribution in [0.5, 0.6) is 0 Å². The molecule has 2 aromatic heterocycles. The summed E-state index contributed by atoms with van der Waals surface area (Å²) in [6.45, 7) is 6.32. The summed E-state index contributed by atoms with van der Waals surface area (Å²) in [4.78, 5) is 12.2. The summed E-state index contributed by atoms with van der Waals surface area (Å²) in [5.74, 6) is 2.63. The molecule has 1 N–H and O–H groups in total. The number of hydrogen-bond donors (Lipinski definition) is 1. The second kappa shape index (κ2) is 7.42. The lowest BCUT2D eigenvalue weighted by Crippen LogP contribution is -2.44. The van der Waals surface area contributed by atoms with Crippen LogP contribution in [0.15, 0.2) is 26.4 Å². The van der Waals surface area contributed by atoms with Crippen molar-refractivity contribution in [3.63, 3.8) is 0 Å². The van der Waals surface area contributed by atoms with Crippen LogP contribution >= 0.6 is 11.8 Å². The summed E-state index contributed by atoms with van der Waals surface area (Å²) >= 11 is 1.26. The number of amides is 1. The first kappa shape index (κ1) is 17.1. The van der Waals surface area contributed by atoms with Gasteiger partial charge in [-0.25, -0.2) is 0 Å². The molecule has 2 heterocycles. The van der Waals surface area contributed by atoms with E-state index in [0.29, 0.717) is 22.9 Å². The number of nitrogens with zero attached hydrogens (tertiary/aromatic N) is 2. The van der Waals surface area contributed by atoms with E-state index in [1.54, 1.807) is 12.3 Å². The fourth-order valence-electron chi connectivity index (χ4n) is 3.15. The molecular formula is C17H23N3O3S. The molecule has 7 heteroatoms. The van der Waals surface area contributed by atoms with Crippen LogP contribution in [0.1, 0.15) is 38.9 Å². The number of nitrogens with one attached hydrogen (secondary N) is 1. The highest BCUT2D eigenvalue weighted by Crippen LogP contribution is 2.30. The zero-order valence-electron chi connectivity index (χ0n) is 14.2. The number of aryl methyl sites for hydroxylation is 1. The molecule has 1 amide bonds. The molecule has 0 aliphatic heterocycles. The zero-order valence-corrected chi connectivity index (χ0v) is 15.1. The number of carbonyl (C=O) groups excluding carboxylic acids is 1. The van der Waals surface area contributed by atoms with Crippen molar-refractivity contribution in [2.24, 2.45) is 11.8 Å². The predicted octanol–water partition coefficient (Wildman–Crippen LogP) is 3.67. The van der Waals surface area contributed by atoms with Crippen LogP contribution in [0, 0.1) is 18.8 Å². The molecule has 0 spiro atoms. The minimum absolute atomic E-state index is 0.0187. The number of thioether (sulfide) groups is 1. The minimum Gasteiger partial charge on any atom is -0.469 e. The van der Waals surface area contributed by atoms with Crippen LogP contribution in [0.4, 0.5) is 0 Å². The molecule has 2 aromatic rings. The Kier molecular flexibility index (Phi) is 5.28. The molecular weight excluding hydrogens is 326 g/mol. The monoisotopic (exact) mass is 349 g/mol. The summed E-state index contributed by atoms with van der Waals surface area (Å²) in [6.07, 6.45) is 5.08. The van der Waals surface area contributed by atoms with Gasteiger partial charge >= 0.3 is 0 Å². The average molecular weight is 349 g/mol. The fraction of sp³-hybridized carbons (Fsp3) is 0.588. The van der Waals surface area contributed by atoms with Crippen molar-refractivity contribution in [2.45, 2.75) is 51.3 Å². The molecule has 0 bridgehead atoms. The summed E-state index contributed by atoms with van der Waals surface area (Å²) < 4.78 is 10.8. The number of furan rings is 1. The Balaban J connectivity index is 1.52. The average Bonchev–Trinajstić information content (AvgIpc) is 3.18. The van der Waals surface area contributed by atoms with Crippen LogP contribution in [-0.2, 0) is 4.79 Å². The predicted molar refractivity (Wildman–Crippen MR) is 91.6 cm³/mol. The van der Waals surface area contributed by atoms with Gasteiger partial charge in [-0.15, -0.1) is 10.2 Å². The van der Waals surface area contributed by atoms with Crippen LogP contribution in [-0.4, -0.2) is 27.9 Å². The second-order valence-electron chi connectivity index (χ2n) is 6.49. The van der Waals surface area contributed by atoms with Gasteiger partial charge in [0.1, 0.15) is 5.76 Å². The molecule has 3 atom stereocenters. The van der Waals surface area contributed by atoms with E-state index in [1.807, 2.05) is 6.92 Å². The smallest absolute Gasteiger partial charge is 0.277 e. The molecule has 1 aliphatic carbocycles. The van der Waals surface area contributed by atoms with Gasteiger partial charge in [0.25, 0.3) is 11.1 Å². The molecule has 1 saturated carbocycles. The summed E-state index contributed by atoms with van der Waals surface area (Å²) in [6, 6.07) is 2.06. The first-order chi connectivity index (χ1) is 11.5. The van der Waals surface area contributed by atoms with Gasteiger partial charge < -0.3 is 14.2 Å². The number of aromatic nitrogens is 2. The molecule has 6 nitrogen and oxygen atoms in total. The van der Waals surface area contributed by atoms with E-state index in [-0.39, 0.29) is 17.7 Å². The van der Waals surface area contributed by atoms with Gasteiger partial charge in [-0.05, 0) is 31.2 Å². The van der Waals surface area contributed by atoms with E-state index in [9.17, 15) is 4.79 Å². The first-order valence-corrected chi connectivity index (χ1v) is 9.33. The Bertz CT molecular complexity index is 697. The zero-order chi connectivity index (χ0) is 17.1.